The van der Waals surface area contributed by atoms with Gasteiger partial charge in [-0.15, -0.1) is 0 Å². The first-order valence-electron chi connectivity index (χ1n) is 7.08. The molecule has 1 unspecified atom stereocenters. The van der Waals surface area contributed by atoms with Crippen LogP contribution in [0.5, 0.6) is 5.75 Å². The molecule has 1 fully saturated rings. The van der Waals surface area contributed by atoms with Crippen molar-refractivity contribution in [2.75, 3.05) is 32.9 Å². The maximum Gasteiger partial charge on any atom is 0.260 e. The Morgan fingerprint density at radius 3 is 2.86 bits per heavy atom. The molecule has 0 aliphatic carbocycles. The SMILES string of the molecule is CC(N)Cc1cc(Cl)ccc1OCC(=O)N1CCOCC1. The van der Waals surface area contributed by atoms with Gasteiger partial charge in [0.05, 0.1) is 13.2 Å². The second kappa shape index (κ2) is 7.64. The number of nitrogens with zero attached hydrogens (tertiary/aromatic N) is 1. The largest absolute Gasteiger partial charge is 0.483 e. The molecule has 1 saturated heterocycles. The zero-order chi connectivity index (χ0) is 15.2. The van der Waals surface area contributed by atoms with Crippen molar-refractivity contribution in [3.8, 4) is 5.75 Å². The van der Waals surface area contributed by atoms with Crippen molar-refractivity contribution in [1.29, 1.82) is 0 Å². The molecular weight excluding hydrogens is 292 g/mol. The van der Waals surface area contributed by atoms with Crippen LogP contribution in [-0.4, -0.2) is 49.8 Å². The lowest BCUT2D eigenvalue weighted by Crippen LogP contribution is -2.43. The van der Waals surface area contributed by atoms with Crippen LogP contribution in [0.1, 0.15) is 12.5 Å². The summed E-state index contributed by atoms with van der Waals surface area (Å²) >= 11 is 6.00. The van der Waals surface area contributed by atoms with Crippen molar-refractivity contribution in [1.82, 2.24) is 4.90 Å². The van der Waals surface area contributed by atoms with E-state index in [0.717, 1.165) is 5.56 Å². The standard InChI is InChI=1S/C15H21ClN2O3/c1-11(17)8-12-9-13(16)2-3-14(12)21-10-15(19)18-4-6-20-7-5-18/h2-3,9,11H,4-8,10,17H2,1H3. The van der Waals surface area contributed by atoms with Crippen LogP contribution in [0.15, 0.2) is 18.2 Å². The van der Waals surface area contributed by atoms with Crippen LogP contribution < -0.4 is 10.5 Å². The number of carbonyl (C=O) groups is 1. The van der Waals surface area contributed by atoms with E-state index in [1.165, 1.54) is 0 Å². The number of nitrogens with two attached hydrogens (primary N) is 1. The van der Waals surface area contributed by atoms with Gasteiger partial charge in [-0.1, -0.05) is 11.6 Å². The number of hydrogen-bond acceptors (Lipinski definition) is 4. The highest BCUT2D eigenvalue weighted by atomic mass is 35.5. The smallest absolute Gasteiger partial charge is 0.260 e. The van der Waals surface area contributed by atoms with Gasteiger partial charge in [-0.05, 0) is 37.1 Å². The van der Waals surface area contributed by atoms with Gasteiger partial charge in [-0.25, -0.2) is 0 Å². The van der Waals surface area contributed by atoms with Gasteiger partial charge in [-0.2, -0.15) is 0 Å². The second-order valence-electron chi connectivity index (χ2n) is 5.22. The molecule has 1 aliphatic rings. The molecule has 1 aromatic carbocycles. The Morgan fingerprint density at radius 1 is 1.48 bits per heavy atom. The molecule has 116 valence electrons. The molecule has 5 nitrogen and oxygen atoms in total. The number of morpholine rings is 1. The fourth-order valence-electron chi connectivity index (χ4n) is 2.24. The molecule has 2 rings (SSSR count). The van der Waals surface area contributed by atoms with Crippen molar-refractivity contribution in [3.63, 3.8) is 0 Å². The zero-order valence-corrected chi connectivity index (χ0v) is 12.9. The molecule has 1 aliphatic heterocycles. The third kappa shape index (κ3) is 4.88. The summed E-state index contributed by atoms with van der Waals surface area (Å²) in [5.41, 5.74) is 6.75. The van der Waals surface area contributed by atoms with Crippen LogP contribution in [0.4, 0.5) is 0 Å². The molecule has 1 heterocycles. The minimum absolute atomic E-state index is 0.000705. The molecule has 21 heavy (non-hydrogen) atoms. The van der Waals surface area contributed by atoms with Crippen LogP contribution in [0.25, 0.3) is 0 Å². The van der Waals surface area contributed by atoms with E-state index in [-0.39, 0.29) is 18.6 Å². The number of rotatable bonds is 5. The highest BCUT2D eigenvalue weighted by Crippen LogP contribution is 2.24. The van der Waals surface area contributed by atoms with Crippen molar-refractivity contribution in [2.24, 2.45) is 5.73 Å². The third-order valence-corrected chi connectivity index (χ3v) is 3.51. The molecule has 6 heteroatoms. The lowest BCUT2D eigenvalue weighted by atomic mass is 10.1. The van der Waals surface area contributed by atoms with Crippen LogP contribution in [-0.2, 0) is 16.0 Å². The quantitative estimate of drug-likeness (QED) is 0.894. The van der Waals surface area contributed by atoms with E-state index < -0.39 is 0 Å². The predicted molar refractivity (Wildman–Crippen MR) is 81.7 cm³/mol. The third-order valence-electron chi connectivity index (χ3n) is 3.28. The molecule has 1 atom stereocenters. The first kappa shape index (κ1) is 16.1. The predicted octanol–water partition coefficient (Wildman–Crippen LogP) is 1.47. The van der Waals surface area contributed by atoms with Crippen LogP contribution in [0.3, 0.4) is 0 Å². The lowest BCUT2D eigenvalue weighted by molar-refractivity contribution is -0.137. The summed E-state index contributed by atoms with van der Waals surface area (Å²) in [5, 5.41) is 0.637. The molecule has 2 N–H and O–H groups in total. The monoisotopic (exact) mass is 312 g/mol. The summed E-state index contributed by atoms with van der Waals surface area (Å²) in [5.74, 6) is 0.637. The number of benzene rings is 1. The van der Waals surface area contributed by atoms with Crippen LogP contribution >= 0.6 is 11.6 Å². The van der Waals surface area contributed by atoms with E-state index in [0.29, 0.717) is 43.5 Å². The van der Waals surface area contributed by atoms with Gasteiger partial charge in [0.2, 0.25) is 0 Å². The molecule has 0 saturated carbocycles. The van der Waals surface area contributed by atoms with Gasteiger partial charge in [0.1, 0.15) is 5.75 Å². The molecule has 0 bridgehead atoms. The Hall–Kier alpha value is -1.30. The lowest BCUT2D eigenvalue weighted by Gasteiger charge is -2.27. The Morgan fingerprint density at radius 2 is 2.19 bits per heavy atom. The van der Waals surface area contributed by atoms with E-state index >= 15 is 0 Å². The van der Waals surface area contributed by atoms with E-state index in [9.17, 15) is 4.79 Å². The molecule has 0 spiro atoms. The number of amides is 1. The number of hydrogen-bond donors (Lipinski definition) is 1. The van der Waals surface area contributed by atoms with Gasteiger partial charge in [-0.3, -0.25) is 4.79 Å². The highest BCUT2D eigenvalue weighted by molar-refractivity contribution is 6.30. The first-order valence-corrected chi connectivity index (χ1v) is 7.46. The van der Waals surface area contributed by atoms with E-state index in [1.807, 2.05) is 13.0 Å². The average molecular weight is 313 g/mol. The summed E-state index contributed by atoms with van der Waals surface area (Å²) in [6.45, 7) is 4.35. The molecular formula is C15H21ClN2O3. The summed E-state index contributed by atoms with van der Waals surface area (Å²) in [7, 11) is 0. The first-order chi connectivity index (χ1) is 10.1. The number of ether oxygens (including phenoxy) is 2. The molecule has 1 amide bonds. The maximum atomic E-state index is 12.1. The van der Waals surface area contributed by atoms with E-state index in [2.05, 4.69) is 0 Å². The van der Waals surface area contributed by atoms with Crippen LogP contribution in [0.2, 0.25) is 5.02 Å². The number of carbonyl (C=O) groups excluding carboxylic acids is 1. The molecule has 1 aromatic rings. The van der Waals surface area contributed by atoms with Gasteiger partial charge in [0.15, 0.2) is 6.61 Å². The average Bonchev–Trinajstić information content (AvgIpc) is 2.46. The molecule has 0 radical (unpaired) electrons. The Balaban J connectivity index is 1.97. The summed E-state index contributed by atoms with van der Waals surface area (Å²) < 4.78 is 10.9. The Kier molecular flexibility index (Phi) is 5.85. The van der Waals surface area contributed by atoms with Crippen molar-refractivity contribution >= 4 is 17.5 Å². The summed E-state index contributed by atoms with van der Waals surface area (Å²) in [4.78, 5) is 13.8. The van der Waals surface area contributed by atoms with Gasteiger partial charge in [0.25, 0.3) is 5.91 Å². The fourth-order valence-corrected chi connectivity index (χ4v) is 2.43. The normalized spacial score (nSPS) is 16.6. The summed E-state index contributed by atoms with van der Waals surface area (Å²) in [6, 6.07) is 5.37. The minimum atomic E-state index is -0.0278. The fraction of sp³-hybridized carbons (Fsp3) is 0.533. The van der Waals surface area contributed by atoms with Gasteiger partial charge in [0, 0.05) is 24.2 Å². The topological polar surface area (TPSA) is 64.8 Å². The van der Waals surface area contributed by atoms with Crippen LogP contribution in [0, 0.1) is 0 Å². The maximum absolute atomic E-state index is 12.1. The molecule has 0 aromatic heterocycles. The zero-order valence-electron chi connectivity index (χ0n) is 12.2. The van der Waals surface area contributed by atoms with Gasteiger partial charge < -0.3 is 20.1 Å². The second-order valence-corrected chi connectivity index (χ2v) is 5.65. The van der Waals surface area contributed by atoms with Crippen molar-refractivity contribution in [3.05, 3.63) is 28.8 Å². The Bertz CT molecular complexity index is 488. The summed E-state index contributed by atoms with van der Waals surface area (Å²) in [6.07, 6.45) is 0.654. The minimum Gasteiger partial charge on any atom is -0.483 e. The number of halogens is 1. The van der Waals surface area contributed by atoms with Gasteiger partial charge >= 0.3 is 0 Å². The van der Waals surface area contributed by atoms with E-state index in [1.54, 1.807) is 17.0 Å². The van der Waals surface area contributed by atoms with Crippen molar-refractivity contribution < 1.29 is 14.3 Å². The Labute approximate surface area is 130 Å². The van der Waals surface area contributed by atoms with Crippen molar-refractivity contribution in [2.45, 2.75) is 19.4 Å². The van der Waals surface area contributed by atoms with E-state index in [4.69, 9.17) is 26.8 Å². The highest BCUT2D eigenvalue weighted by Gasteiger charge is 2.18.